The smallest absolute Gasteiger partial charge is 0.166 e. The van der Waals surface area contributed by atoms with Crippen LogP contribution >= 0.6 is 22.6 Å². The predicted octanol–water partition coefficient (Wildman–Crippen LogP) is 4.46. The number of alkyl halides is 4. The van der Waals surface area contributed by atoms with Crippen LogP contribution in [0.15, 0.2) is 24.3 Å². The van der Waals surface area contributed by atoms with Crippen molar-refractivity contribution in [2.24, 2.45) is 0 Å². The molecule has 0 amide bonds. The first-order chi connectivity index (χ1) is 7.04. The number of halogens is 4. The molecule has 0 aliphatic rings. The van der Waals surface area contributed by atoms with Crippen molar-refractivity contribution in [1.29, 1.82) is 0 Å². The van der Waals surface area contributed by atoms with Gasteiger partial charge in [-0.3, -0.25) is 0 Å². The fourth-order valence-electron chi connectivity index (χ4n) is 1.28. The first-order valence-corrected chi connectivity index (χ1v) is 6.28. The Morgan fingerprint density at radius 3 is 2.07 bits per heavy atom. The number of benzene rings is 1. The topological polar surface area (TPSA) is 0 Å². The van der Waals surface area contributed by atoms with Gasteiger partial charge in [-0.25, -0.2) is 0 Å². The monoisotopic (exact) mass is 328 g/mol. The molecule has 0 spiro atoms. The summed E-state index contributed by atoms with van der Waals surface area (Å²) in [6.07, 6.45) is -1.21. The second-order valence-electron chi connectivity index (χ2n) is 3.34. The van der Waals surface area contributed by atoms with Crippen LogP contribution in [0.3, 0.4) is 0 Å². The van der Waals surface area contributed by atoms with Crippen LogP contribution in [0.1, 0.15) is 24.0 Å². The maximum atomic E-state index is 12.2. The minimum Gasteiger partial charge on any atom is -0.166 e. The molecular formula is C11H12F3I. The number of hydrogen-bond acceptors (Lipinski definition) is 0. The van der Waals surface area contributed by atoms with Gasteiger partial charge in [-0.1, -0.05) is 34.7 Å². The third-order valence-electron chi connectivity index (χ3n) is 2.13. The molecule has 0 radical (unpaired) electrons. The summed E-state index contributed by atoms with van der Waals surface area (Å²) in [5.74, 6) is 0. The van der Waals surface area contributed by atoms with Gasteiger partial charge < -0.3 is 0 Å². The van der Waals surface area contributed by atoms with E-state index in [4.69, 9.17) is 0 Å². The molecule has 0 N–H and O–H groups in total. The first-order valence-electron chi connectivity index (χ1n) is 4.76. The van der Waals surface area contributed by atoms with Crippen molar-refractivity contribution in [2.75, 3.05) is 4.43 Å². The second kappa shape index (κ2) is 5.72. The van der Waals surface area contributed by atoms with E-state index >= 15 is 0 Å². The summed E-state index contributed by atoms with van der Waals surface area (Å²) in [5, 5.41) is 0. The maximum Gasteiger partial charge on any atom is 0.416 e. The van der Waals surface area contributed by atoms with Gasteiger partial charge in [0.25, 0.3) is 0 Å². The standard InChI is InChI=1S/C11H12F3I/c12-11(13,14)10-6-4-9(5-7-10)3-1-2-8-15/h4-7H,1-3,8H2. The zero-order chi connectivity index (χ0) is 11.3. The Kier molecular flexibility index (Phi) is 4.89. The van der Waals surface area contributed by atoms with Gasteiger partial charge in [0.05, 0.1) is 5.56 Å². The molecule has 0 atom stereocenters. The second-order valence-corrected chi connectivity index (χ2v) is 4.42. The van der Waals surface area contributed by atoms with Crippen LogP contribution in [0.2, 0.25) is 0 Å². The van der Waals surface area contributed by atoms with Gasteiger partial charge in [-0.2, -0.15) is 13.2 Å². The zero-order valence-corrected chi connectivity index (χ0v) is 10.3. The molecular weight excluding hydrogens is 316 g/mol. The highest BCUT2D eigenvalue weighted by molar-refractivity contribution is 14.1. The minimum absolute atomic E-state index is 0.569. The van der Waals surface area contributed by atoms with Gasteiger partial charge in [0.15, 0.2) is 0 Å². The average Bonchev–Trinajstić information content (AvgIpc) is 2.18. The van der Waals surface area contributed by atoms with Gasteiger partial charge >= 0.3 is 6.18 Å². The van der Waals surface area contributed by atoms with Crippen LogP contribution in [-0.2, 0) is 12.6 Å². The Morgan fingerprint density at radius 1 is 1.00 bits per heavy atom. The van der Waals surface area contributed by atoms with E-state index in [0.717, 1.165) is 41.4 Å². The van der Waals surface area contributed by atoms with Gasteiger partial charge in [-0.05, 0) is 41.4 Å². The lowest BCUT2D eigenvalue weighted by molar-refractivity contribution is -0.137. The van der Waals surface area contributed by atoms with E-state index < -0.39 is 11.7 Å². The maximum absolute atomic E-state index is 12.2. The summed E-state index contributed by atoms with van der Waals surface area (Å²) in [7, 11) is 0. The highest BCUT2D eigenvalue weighted by atomic mass is 127. The third-order valence-corrected chi connectivity index (χ3v) is 2.89. The predicted molar refractivity (Wildman–Crippen MR) is 63.3 cm³/mol. The SMILES string of the molecule is FC(F)(F)c1ccc(CCCCI)cc1. The van der Waals surface area contributed by atoms with Crippen LogP contribution in [0.25, 0.3) is 0 Å². The zero-order valence-electron chi connectivity index (χ0n) is 8.15. The fraction of sp³-hybridized carbons (Fsp3) is 0.455. The number of unbranched alkanes of at least 4 members (excludes halogenated alkanes) is 1. The highest BCUT2D eigenvalue weighted by Gasteiger charge is 2.29. The van der Waals surface area contributed by atoms with E-state index in [1.54, 1.807) is 12.1 Å². The summed E-state index contributed by atoms with van der Waals surface area (Å²) in [6, 6.07) is 5.44. The Morgan fingerprint density at radius 2 is 1.60 bits per heavy atom. The molecule has 1 rings (SSSR count). The van der Waals surface area contributed by atoms with Crippen molar-refractivity contribution in [1.82, 2.24) is 0 Å². The lowest BCUT2D eigenvalue weighted by Crippen LogP contribution is -2.04. The molecule has 1 aromatic rings. The lowest BCUT2D eigenvalue weighted by atomic mass is 10.1. The Bertz CT molecular complexity index is 290. The van der Waals surface area contributed by atoms with E-state index in [9.17, 15) is 13.2 Å². The quantitative estimate of drug-likeness (QED) is 0.435. The molecule has 15 heavy (non-hydrogen) atoms. The summed E-state index contributed by atoms with van der Waals surface area (Å²) < 4.78 is 37.8. The Labute approximate surface area is 101 Å². The molecule has 0 heterocycles. The number of hydrogen-bond donors (Lipinski definition) is 0. The van der Waals surface area contributed by atoms with E-state index in [2.05, 4.69) is 22.6 Å². The van der Waals surface area contributed by atoms with Gasteiger partial charge in [-0.15, -0.1) is 0 Å². The van der Waals surface area contributed by atoms with Gasteiger partial charge in [0, 0.05) is 0 Å². The Hall–Kier alpha value is -0.260. The average molecular weight is 328 g/mol. The molecule has 0 aromatic heterocycles. The van der Waals surface area contributed by atoms with Crippen LogP contribution in [-0.4, -0.2) is 4.43 Å². The first kappa shape index (κ1) is 12.8. The van der Waals surface area contributed by atoms with E-state index in [1.807, 2.05) is 0 Å². The molecule has 0 nitrogen and oxygen atoms in total. The molecule has 0 aliphatic carbocycles. The molecule has 0 fully saturated rings. The van der Waals surface area contributed by atoms with Crippen molar-refractivity contribution in [3.63, 3.8) is 0 Å². The fourth-order valence-corrected chi connectivity index (χ4v) is 1.82. The summed E-state index contributed by atoms with van der Waals surface area (Å²) in [5.41, 5.74) is 0.410. The van der Waals surface area contributed by atoms with Crippen molar-refractivity contribution in [3.05, 3.63) is 35.4 Å². The minimum atomic E-state index is -4.22. The molecule has 1 aromatic carbocycles. The molecule has 84 valence electrons. The summed E-state index contributed by atoms with van der Waals surface area (Å²) in [6.45, 7) is 0. The van der Waals surface area contributed by atoms with Crippen molar-refractivity contribution in [2.45, 2.75) is 25.4 Å². The van der Waals surface area contributed by atoms with Gasteiger partial charge in [0.2, 0.25) is 0 Å². The van der Waals surface area contributed by atoms with Crippen molar-refractivity contribution < 1.29 is 13.2 Å². The van der Waals surface area contributed by atoms with E-state index in [-0.39, 0.29) is 0 Å². The Balaban J connectivity index is 2.57. The summed E-state index contributed by atoms with van der Waals surface area (Å²) >= 11 is 2.30. The van der Waals surface area contributed by atoms with Crippen LogP contribution in [0, 0.1) is 0 Å². The third kappa shape index (κ3) is 4.40. The number of rotatable bonds is 4. The van der Waals surface area contributed by atoms with Crippen molar-refractivity contribution >= 4 is 22.6 Å². The normalized spacial score (nSPS) is 11.7. The molecule has 4 heteroatoms. The van der Waals surface area contributed by atoms with Crippen LogP contribution < -0.4 is 0 Å². The van der Waals surface area contributed by atoms with Crippen LogP contribution in [0.5, 0.6) is 0 Å². The largest absolute Gasteiger partial charge is 0.416 e. The molecule has 0 saturated carbocycles. The van der Waals surface area contributed by atoms with E-state index in [0.29, 0.717) is 0 Å². The lowest BCUT2D eigenvalue weighted by Gasteiger charge is -2.07. The molecule has 0 unspecified atom stereocenters. The van der Waals surface area contributed by atoms with Gasteiger partial charge in [0.1, 0.15) is 0 Å². The molecule has 0 bridgehead atoms. The molecule has 0 aliphatic heterocycles. The highest BCUT2D eigenvalue weighted by Crippen LogP contribution is 2.29. The van der Waals surface area contributed by atoms with Crippen LogP contribution in [0.4, 0.5) is 13.2 Å². The summed E-state index contributed by atoms with van der Waals surface area (Å²) in [4.78, 5) is 0. The van der Waals surface area contributed by atoms with E-state index in [1.165, 1.54) is 0 Å². The molecule has 0 saturated heterocycles. The number of aryl methyl sites for hydroxylation is 1. The van der Waals surface area contributed by atoms with Crippen molar-refractivity contribution in [3.8, 4) is 0 Å².